The van der Waals surface area contributed by atoms with Crippen LogP contribution in [-0.4, -0.2) is 15.3 Å². The van der Waals surface area contributed by atoms with Gasteiger partial charge in [0.25, 0.3) is 0 Å². The van der Waals surface area contributed by atoms with E-state index in [9.17, 15) is 5.11 Å². The van der Waals surface area contributed by atoms with E-state index in [-0.39, 0.29) is 23.7 Å². The van der Waals surface area contributed by atoms with Gasteiger partial charge in [-0.25, -0.2) is 0 Å². The van der Waals surface area contributed by atoms with Crippen LogP contribution in [0.4, 0.5) is 0 Å². The maximum Gasteiger partial charge on any atom is 0.122 e. The number of aliphatic hydroxyl groups is 1. The Kier molecular flexibility index (Phi) is 2.24. The second kappa shape index (κ2) is 3.17. The van der Waals surface area contributed by atoms with Gasteiger partial charge in [0.05, 0.1) is 5.76 Å². The van der Waals surface area contributed by atoms with Gasteiger partial charge < -0.3 is 15.3 Å². The van der Waals surface area contributed by atoms with Gasteiger partial charge in [0.15, 0.2) is 0 Å². The molecule has 0 aliphatic carbocycles. The molecule has 3 heteroatoms. The van der Waals surface area contributed by atoms with Crippen molar-refractivity contribution in [3.8, 4) is 11.5 Å². The van der Waals surface area contributed by atoms with Crippen molar-refractivity contribution in [2.24, 2.45) is 0 Å². The van der Waals surface area contributed by atoms with Crippen LogP contribution in [0.25, 0.3) is 0 Å². The Morgan fingerprint density at radius 3 is 2.50 bits per heavy atom. The maximum atomic E-state index is 9.23. The highest BCUT2D eigenvalue weighted by Gasteiger charge is 2.02. The number of aromatic hydroxyl groups is 2. The first kappa shape index (κ1) is 8.46. The fourth-order valence-corrected chi connectivity index (χ4v) is 0.922. The highest BCUT2D eigenvalue weighted by molar-refractivity contribution is 5.40. The molecule has 64 valence electrons. The monoisotopic (exact) mass is 166 g/mol. The number of phenolic OH excluding ortho intramolecular Hbond substituents is 2. The third kappa shape index (κ3) is 1.92. The highest BCUT2D eigenvalue weighted by Crippen LogP contribution is 2.23. The molecule has 3 N–H and O–H groups in total. The van der Waals surface area contributed by atoms with Crippen LogP contribution in [0.5, 0.6) is 11.5 Å². The van der Waals surface area contributed by atoms with Gasteiger partial charge in [-0.1, -0.05) is 12.6 Å². The molecule has 0 radical (unpaired) electrons. The van der Waals surface area contributed by atoms with Crippen LogP contribution in [0.15, 0.2) is 30.5 Å². The molecular formula is C9H10O3. The summed E-state index contributed by atoms with van der Waals surface area (Å²) in [6, 6.07) is 4.20. The average Bonchev–Trinajstić information content (AvgIpc) is 1.94. The molecule has 3 nitrogen and oxygen atoms in total. The topological polar surface area (TPSA) is 60.7 Å². The predicted molar refractivity (Wildman–Crippen MR) is 45.2 cm³/mol. The summed E-state index contributed by atoms with van der Waals surface area (Å²) in [7, 11) is 0. The Labute approximate surface area is 70.2 Å². The van der Waals surface area contributed by atoms with E-state index < -0.39 is 0 Å². The Morgan fingerprint density at radius 1 is 1.33 bits per heavy atom. The number of aliphatic hydroxyl groups excluding tert-OH is 1. The first-order valence-corrected chi connectivity index (χ1v) is 3.47. The van der Waals surface area contributed by atoms with E-state index in [1.807, 2.05) is 0 Å². The van der Waals surface area contributed by atoms with Gasteiger partial charge in [-0.2, -0.15) is 0 Å². The predicted octanol–water partition coefficient (Wildman–Crippen LogP) is 1.71. The third-order valence-corrected chi connectivity index (χ3v) is 1.46. The molecule has 1 rings (SSSR count). The number of hydrogen-bond donors (Lipinski definition) is 3. The molecule has 0 bridgehead atoms. The third-order valence-electron chi connectivity index (χ3n) is 1.46. The van der Waals surface area contributed by atoms with E-state index in [2.05, 4.69) is 6.58 Å². The minimum absolute atomic E-state index is 0.000183. The molecule has 0 spiro atoms. The van der Waals surface area contributed by atoms with E-state index in [1.54, 1.807) is 0 Å². The quantitative estimate of drug-likeness (QED) is 0.586. The van der Waals surface area contributed by atoms with Crippen molar-refractivity contribution < 1.29 is 15.3 Å². The number of allylic oxidation sites excluding steroid dienone is 1. The number of benzene rings is 1. The summed E-state index contributed by atoms with van der Waals surface area (Å²) in [4.78, 5) is 0. The highest BCUT2D eigenvalue weighted by atomic mass is 16.3. The molecule has 0 atom stereocenters. The van der Waals surface area contributed by atoms with Crippen LogP contribution in [-0.2, 0) is 6.42 Å². The Morgan fingerprint density at radius 2 is 2.00 bits per heavy atom. The summed E-state index contributed by atoms with van der Waals surface area (Å²) in [5, 5.41) is 27.0. The van der Waals surface area contributed by atoms with E-state index in [1.165, 1.54) is 18.2 Å². The van der Waals surface area contributed by atoms with E-state index >= 15 is 0 Å². The van der Waals surface area contributed by atoms with Gasteiger partial charge in [-0.3, -0.25) is 0 Å². The first-order chi connectivity index (χ1) is 5.59. The van der Waals surface area contributed by atoms with E-state index in [0.717, 1.165) is 0 Å². The summed E-state index contributed by atoms with van der Waals surface area (Å²) >= 11 is 0. The first-order valence-electron chi connectivity index (χ1n) is 3.47. The lowest BCUT2D eigenvalue weighted by molar-refractivity contribution is 0.395. The summed E-state index contributed by atoms with van der Waals surface area (Å²) in [5.41, 5.74) is 0.542. The maximum absolute atomic E-state index is 9.23. The minimum Gasteiger partial charge on any atom is -0.513 e. The average molecular weight is 166 g/mol. The second-order valence-electron chi connectivity index (χ2n) is 2.56. The van der Waals surface area contributed by atoms with Gasteiger partial charge in [0.1, 0.15) is 11.5 Å². The summed E-state index contributed by atoms with van der Waals surface area (Å²) < 4.78 is 0. The number of hydrogen-bond acceptors (Lipinski definition) is 3. The molecule has 0 fully saturated rings. The molecule has 0 aliphatic heterocycles. The van der Waals surface area contributed by atoms with Crippen molar-refractivity contribution in [2.75, 3.05) is 0 Å². The SMILES string of the molecule is C=C(O)Cc1ccc(O)cc1O. The van der Waals surface area contributed by atoms with Crippen molar-refractivity contribution in [1.82, 2.24) is 0 Å². The molecule has 12 heavy (non-hydrogen) atoms. The standard InChI is InChI=1S/C9H10O3/c1-6(10)4-7-2-3-8(11)5-9(7)12/h2-3,5,10-12H,1,4H2. The lowest BCUT2D eigenvalue weighted by Gasteiger charge is -2.02. The Balaban J connectivity index is 2.93. The van der Waals surface area contributed by atoms with Gasteiger partial charge >= 0.3 is 0 Å². The zero-order valence-electron chi connectivity index (χ0n) is 6.49. The lowest BCUT2D eigenvalue weighted by Crippen LogP contribution is -1.87. The minimum atomic E-state index is -0.0369. The summed E-state index contributed by atoms with van der Waals surface area (Å²) in [6.45, 7) is 3.30. The van der Waals surface area contributed by atoms with Gasteiger partial charge in [0, 0.05) is 18.1 Å². The van der Waals surface area contributed by atoms with Crippen molar-refractivity contribution in [3.63, 3.8) is 0 Å². The van der Waals surface area contributed by atoms with Crippen molar-refractivity contribution in [3.05, 3.63) is 36.1 Å². The molecule has 0 saturated heterocycles. The summed E-state index contributed by atoms with van der Waals surface area (Å²) in [5.74, 6) is -0.0546. The normalized spacial score (nSPS) is 9.67. The smallest absolute Gasteiger partial charge is 0.122 e. The Hall–Kier alpha value is -1.64. The lowest BCUT2D eigenvalue weighted by atomic mass is 10.1. The van der Waals surface area contributed by atoms with Gasteiger partial charge in [-0.05, 0) is 6.07 Å². The zero-order valence-corrected chi connectivity index (χ0v) is 6.49. The fraction of sp³-hybridized carbons (Fsp3) is 0.111. The van der Waals surface area contributed by atoms with Gasteiger partial charge in [0.2, 0.25) is 0 Å². The Bertz CT molecular complexity index is 305. The molecule has 1 aromatic carbocycles. The largest absolute Gasteiger partial charge is 0.513 e. The van der Waals surface area contributed by atoms with Crippen molar-refractivity contribution >= 4 is 0 Å². The fourth-order valence-electron chi connectivity index (χ4n) is 0.922. The molecule has 0 amide bonds. The molecule has 0 saturated carbocycles. The molecule has 0 unspecified atom stereocenters. The van der Waals surface area contributed by atoms with Crippen LogP contribution in [0, 0.1) is 0 Å². The van der Waals surface area contributed by atoms with E-state index in [4.69, 9.17) is 10.2 Å². The van der Waals surface area contributed by atoms with Crippen LogP contribution in [0.3, 0.4) is 0 Å². The second-order valence-corrected chi connectivity index (χ2v) is 2.56. The molecule has 0 aliphatic rings. The van der Waals surface area contributed by atoms with Crippen molar-refractivity contribution in [2.45, 2.75) is 6.42 Å². The van der Waals surface area contributed by atoms with Crippen LogP contribution in [0.2, 0.25) is 0 Å². The van der Waals surface area contributed by atoms with E-state index in [0.29, 0.717) is 5.56 Å². The van der Waals surface area contributed by atoms with Crippen LogP contribution in [0.1, 0.15) is 5.56 Å². The van der Waals surface area contributed by atoms with Crippen LogP contribution < -0.4 is 0 Å². The number of rotatable bonds is 2. The van der Waals surface area contributed by atoms with Gasteiger partial charge in [-0.15, -0.1) is 0 Å². The van der Waals surface area contributed by atoms with Crippen LogP contribution >= 0.6 is 0 Å². The molecule has 1 aromatic rings. The number of phenols is 2. The molecular weight excluding hydrogens is 156 g/mol. The van der Waals surface area contributed by atoms with Crippen molar-refractivity contribution in [1.29, 1.82) is 0 Å². The molecule has 0 heterocycles. The zero-order chi connectivity index (χ0) is 9.14. The molecule has 0 aromatic heterocycles. The summed E-state index contributed by atoms with van der Waals surface area (Å²) in [6.07, 6.45) is 0.201.